The van der Waals surface area contributed by atoms with Crippen molar-refractivity contribution in [3.63, 3.8) is 0 Å². The van der Waals surface area contributed by atoms with Gasteiger partial charge in [0.05, 0.1) is 6.54 Å². The van der Waals surface area contributed by atoms with Crippen LogP contribution in [0.4, 0.5) is 0 Å². The summed E-state index contributed by atoms with van der Waals surface area (Å²) in [6.45, 7) is 8.89. The van der Waals surface area contributed by atoms with Crippen molar-refractivity contribution in [3.05, 3.63) is 11.6 Å². The number of hydrogen-bond acceptors (Lipinski definition) is 5. The van der Waals surface area contributed by atoms with Gasteiger partial charge in [-0.15, -0.1) is 0 Å². The number of ether oxygens (including phenoxy) is 2. The van der Waals surface area contributed by atoms with E-state index in [1.54, 1.807) is 7.11 Å². The van der Waals surface area contributed by atoms with E-state index >= 15 is 0 Å². The lowest BCUT2D eigenvalue weighted by Gasteiger charge is -2.25. The van der Waals surface area contributed by atoms with Crippen molar-refractivity contribution in [2.24, 2.45) is 4.99 Å². The number of fused-ring (bicyclic) bond motifs is 1. The van der Waals surface area contributed by atoms with E-state index in [2.05, 4.69) is 34.6 Å². The van der Waals surface area contributed by atoms with Gasteiger partial charge in [0, 0.05) is 45.9 Å². The van der Waals surface area contributed by atoms with E-state index in [0.717, 1.165) is 69.7 Å². The predicted molar refractivity (Wildman–Crippen MR) is 121 cm³/mol. The number of guanidine groups is 1. The fourth-order valence-corrected chi connectivity index (χ4v) is 3.63. The fourth-order valence-electron chi connectivity index (χ4n) is 3.63. The zero-order valence-electron chi connectivity index (χ0n) is 19.3. The van der Waals surface area contributed by atoms with Crippen LogP contribution in [0.2, 0.25) is 0 Å². The van der Waals surface area contributed by atoms with Crippen LogP contribution in [-0.4, -0.2) is 60.2 Å². The van der Waals surface area contributed by atoms with Gasteiger partial charge in [-0.05, 0) is 26.2 Å². The Labute approximate surface area is 182 Å². The summed E-state index contributed by atoms with van der Waals surface area (Å²) in [5, 5.41) is 11.4. The minimum Gasteiger partial charge on any atom is -0.381 e. The molecule has 0 bridgehead atoms. The van der Waals surface area contributed by atoms with Crippen LogP contribution in [0.25, 0.3) is 0 Å². The number of nitrogens with one attached hydrogen (secondary N) is 2. The van der Waals surface area contributed by atoms with Crippen LogP contribution in [0, 0.1) is 0 Å². The van der Waals surface area contributed by atoms with Gasteiger partial charge in [-0.25, -0.2) is 9.67 Å². The number of aromatic nitrogens is 3. The van der Waals surface area contributed by atoms with E-state index in [9.17, 15) is 0 Å². The number of aliphatic imine (C=N–C) groups is 1. The monoisotopic (exact) mass is 422 g/mol. The highest BCUT2D eigenvalue weighted by Crippen LogP contribution is 2.13. The Balaban J connectivity index is 1.63. The summed E-state index contributed by atoms with van der Waals surface area (Å²) >= 11 is 0. The summed E-state index contributed by atoms with van der Waals surface area (Å²) in [7, 11) is 1.67. The molecule has 1 aromatic heterocycles. The molecule has 2 heterocycles. The fraction of sp³-hybridized carbons (Fsp3) is 0.864. The molecule has 1 aliphatic rings. The molecule has 0 saturated carbocycles. The Morgan fingerprint density at radius 3 is 2.73 bits per heavy atom. The van der Waals surface area contributed by atoms with Gasteiger partial charge in [0.25, 0.3) is 0 Å². The summed E-state index contributed by atoms with van der Waals surface area (Å²) in [5.41, 5.74) is 0. The number of hydrogen-bond donors (Lipinski definition) is 2. The van der Waals surface area contributed by atoms with Gasteiger partial charge in [-0.3, -0.25) is 4.99 Å². The van der Waals surface area contributed by atoms with Crippen LogP contribution in [0.5, 0.6) is 0 Å². The number of rotatable bonds is 15. The lowest BCUT2D eigenvalue weighted by molar-refractivity contribution is 0.129. The molecular weight excluding hydrogens is 380 g/mol. The molecule has 172 valence electrons. The summed E-state index contributed by atoms with van der Waals surface area (Å²) in [6.07, 6.45) is 10.7. The molecule has 0 amide bonds. The third-order valence-electron chi connectivity index (χ3n) is 5.22. The molecule has 8 nitrogen and oxygen atoms in total. The number of nitrogens with zero attached hydrogens (tertiary/aromatic N) is 4. The number of unbranched alkanes of at least 4 members (excludes halogenated alkanes) is 5. The molecule has 0 fully saturated rings. The highest BCUT2D eigenvalue weighted by Gasteiger charge is 2.22. The zero-order chi connectivity index (χ0) is 21.4. The molecule has 0 saturated heterocycles. The average molecular weight is 423 g/mol. The van der Waals surface area contributed by atoms with Crippen molar-refractivity contribution in [2.45, 2.75) is 90.8 Å². The molecule has 30 heavy (non-hydrogen) atoms. The van der Waals surface area contributed by atoms with E-state index in [1.807, 2.05) is 4.68 Å². The van der Waals surface area contributed by atoms with Crippen molar-refractivity contribution in [2.75, 3.05) is 33.4 Å². The standard InChI is InChI=1S/C22H42N6O2/c1-4-6-7-8-9-10-15-30-16-11-14-24-22(23-5-2)25-19-12-13-21-26-20(18-29-3)27-28(21)17-19/h19H,4-18H2,1-3H3,(H2,23,24,25). The largest absolute Gasteiger partial charge is 0.381 e. The Morgan fingerprint density at radius 2 is 1.93 bits per heavy atom. The topological polar surface area (TPSA) is 85.6 Å². The molecule has 1 aliphatic heterocycles. The van der Waals surface area contributed by atoms with Crippen molar-refractivity contribution in [1.29, 1.82) is 0 Å². The summed E-state index contributed by atoms with van der Waals surface area (Å²) in [6, 6.07) is 0.302. The van der Waals surface area contributed by atoms with E-state index in [1.165, 1.54) is 38.5 Å². The molecule has 0 spiro atoms. The first kappa shape index (κ1) is 24.6. The van der Waals surface area contributed by atoms with Crippen molar-refractivity contribution >= 4 is 5.96 Å². The van der Waals surface area contributed by atoms with Gasteiger partial charge in [-0.1, -0.05) is 39.0 Å². The van der Waals surface area contributed by atoms with E-state index in [4.69, 9.17) is 14.5 Å². The SMILES string of the molecule is CCCCCCCCOCCCN=C(NCC)NC1CCc2nc(COC)nn2C1. The first-order valence-electron chi connectivity index (χ1n) is 11.8. The molecule has 2 N–H and O–H groups in total. The van der Waals surface area contributed by atoms with Crippen LogP contribution >= 0.6 is 0 Å². The summed E-state index contributed by atoms with van der Waals surface area (Å²) in [5.74, 6) is 2.68. The van der Waals surface area contributed by atoms with Gasteiger partial charge in [0.1, 0.15) is 12.4 Å². The first-order chi connectivity index (χ1) is 14.8. The second-order valence-corrected chi connectivity index (χ2v) is 7.93. The Kier molecular flexibility index (Phi) is 12.4. The normalized spacial score (nSPS) is 16.5. The molecule has 1 aromatic rings. The lowest BCUT2D eigenvalue weighted by atomic mass is 10.1. The van der Waals surface area contributed by atoms with Crippen molar-refractivity contribution in [1.82, 2.24) is 25.4 Å². The maximum absolute atomic E-state index is 5.75. The smallest absolute Gasteiger partial charge is 0.191 e. The van der Waals surface area contributed by atoms with Gasteiger partial charge in [-0.2, -0.15) is 5.10 Å². The zero-order valence-corrected chi connectivity index (χ0v) is 19.3. The average Bonchev–Trinajstić information content (AvgIpc) is 3.14. The third kappa shape index (κ3) is 9.43. The summed E-state index contributed by atoms with van der Waals surface area (Å²) < 4.78 is 12.9. The Hall–Kier alpha value is -1.67. The van der Waals surface area contributed by atoms with Crippen LogP contribution in [-0.2, 0) is 29.0 Å². The maximum atomic E-state index is 5.75. The van der Waals surface area contributed by atoms with Crippen LogP contribution in [0.1, 0.15) is 76.9 Å². The van der Waals surface area contributed by atoms with E-state index < -0.39 is 0 Å². The molecule has 2 rings (SSSR count). The quantitative estimate of drug-likeness (QED) is 0.257. The first-order valence-corrected chi connectivity index (χ1v) is 11.8. The van der Waals surface area contributed by atoms with Gasteiger partial charge in [0.2, 0.25) is 0 Å². The number of methoxy groups -OCH3 is 1. The molecule has 1 atom stereocenters. The molecule has 0 aliphatic carbocycles. The lowest BCUT2D eigenvalue weighted by Crippen LogP contribution is -2.47. The second-order valence-electron chi connectivity index (χ2n) is 7.93. The van der Waals surface area contributed by atoms with E-state index in [-0.39, 0.29) is 0 Å². The van der Waals surface area contributed by atoms with Gasteiger partial charge >= 0.3 is 0 Å². The second kappa shape index (κ2) is 15.2. The molecule has 0 radical (unpaired) electrons. The molecule has 1 unspecified atom stereocenters. The van der Waals surface area contributed by atoms with Crippen molar-refractivity contribution in [3.8, 4) is 0 Å². The summed E-state index contributed by atoms with van der Waals surface area (Å²) in [4.78, 5) is 9.25. The maximum Gasteiger partial charge on any atom is 0.191 e. The highest BCUT2D eigenvalue weighted by atomic mass is 16.5. The van der Waals surface area contributed by atoms with Crippen LogP contribution < -0.4 is 10.6 Å². The van der Waals surface area contributed by atoms with Gasteiger partial charge in [0.15, 0.2) is 11.8 Å². The minimum absolute atomic E-state index is 0.302. The van der Waals surface area contributed by atoms with Crippen LogP contribution in [0.3, 0.4) is 0 Å². The van der Waals surface area contributed by atoms with Crippen molar-refractivity contribution < 1.29 is 9.47 Å². The third-order valence-corrected chi connectivity index (χ3v) is 5.22. The molecular formula is C22H42N6O2. The Morgan fingerprint density at radius 1 is 1.13 bits per heavy atom. The highest BCUT2D eigenvalue weighted by molar-refractivity contribution is 5.80. The predicted octanol–water partition coefficient (Wildman–Crippen LogP) is 3.06. The molecule has 8 heteroatoms. The number of aryl methyl sites for hydroxylation is 1. The van der Waals surface area contributed by atoms with E-state index in [0.29, 0.717) is 12.6 Å². The van der Waals surface area contributed by atoms with Gasteiger partial charge < -0.3 is 20.1 Å². The van der Waals surface area contributed by atoms with Crippen LogP contribution in [0.15, 0.2) is 4.99 Å². The Bertz CT molecular complexity index is 604. The minimum atomic E-state index is 0.302. The molecule has 0 aromatic carbocycles.